The smallest absolute Gasteiger partial charge is 0.275 e. The molecule has 3 aromatic carbocycles. The topological polar surface area (TPSA) is 80.2 Å². The number of phenols is 1. The van der Waals surface area contributed by atoms with Gasteiger partial charge in [0.1, 0.15) is 5.75 Å². The van der Waals surface area contributed by atoms with Crippen molar-refractivity contribution >= 4 is 22.9 Å². The summed E-state index contributed by atoms with van der Waals surface area (Å²) in [6.07, 6.45) is 1.53. The normalized spacial score (nSPS) is 11.1. The number of hydrogen-bond donors (Lipinski definition) is 2. The van der Waals surface area contributed by atoms with Crippen LogP contribution in [0, 0.1) is 0 Å². The van der Waals surface area contributed by atoms with E-state index in [2.05, 4.69) is 10.5 Å². The van der Waals surface area contributed by atoms with E-state index in [-0.39, 0.29) is 17.4 Å². The molecule has 0 aliphatic carbocycles. The van der Waals surface area contributed by atoms with Gasteiger partial charge in [-0.05, 0) is 60.5 Å². The van der Waals surface area contributed by atoms with Gasteiger partial charge in [-0.2, -0.15) is 5.10 Å². The van der Waals surface area contributed by atoms with Crippen LogP contribution in [0.15, 0.2) is 59.7 Å². The first-order valence-electron chi connectivity index (χ1n) is 8.88. The van der Waals surface area contributed by atoms with Gasteiger partial charge in [0.25, 0.3) is 5.91 Å². The van der Waals surface area contributed by atoms with Crippen LogP contribution in [-0.2, 0) is 0 Å². The lowest BCUT2D eigenvalue weighted by Gasteiger charge is -2.13. The van der Waals surface area contributed by atoms with Crippen LogP contribution in [0.3, 0.4) is 0 Å². The number of benzene rings is 3. The Morgan fingerprint density at radius 3 is 2.46 bits per heavy atom. The van der Waals surface area contributed by atoms with E-state index in [9.17, 15) is 9.90 Å². The third-order valence-corrected chi connectivity index (χ3v) is 4.04. The van der Waals surface area contributed by atoms with E-state index in [1.54, 1.807) is 31.4 Å². The summed E-state index contributed by atoms with van der Waals surface area (Å²) in [6.45, 7) is 3.87. The van der Waals surface area contributed by atoms with Crippen molar-refractivity contribution in [3.05, 3.63) is 65.7 Å². The number of hydrazone groups is 1. The van der Waals surface area contributed by atoms with E-state index in [1.807, 2.05) is 44.2 Å². The highest BCUT2D eigenvalue weighted by Gasteiger charge is 2.12. The maximum Gasteiger partial charge on any atom is 0.275 e. The van der Waals surface area contributed by atoms with Crippen molar-refractivity contribution in [1.29, 1.82) is 0 Å². The highest BCUT2D eigenvalue weighted by Crippen LogP contribution is 2.28. The predicted octanol–water partition coefficient (Wildman–Crippen LogP) is 4.11. The Bertz CT molecular complexity index is 1030. The molecule has 0 unspecified atom stereocenters. The lowest BCUT2D eigenvalue weighted by molar-refractivity contribution is 0.0952. The fourth-order valence-electron chi connectivity index (χ4n) is 2.75. The highest BCUT2D eigenvalue weighted by molar-refractivity contribution is 6.01. The first kappa shape index (κ1) is 19.2. The van der Waals surface area contributed by atoms with Crippen molar-refractivity contribution in [3.63, 3.8) is 0 Å². The molecule has 3 aromatic rings. The molecule has 3 rings (SSSR count). The fourth-order valence-corrected chi connectivity index (χ4v) is 2.75. The monoisotopic (exact) mass is 378 g/mol. The average molecular weight is 378 g/mol. The quantitative estimate of drug-likeness (QED) is 0.500. The molecule has 0 atom stereocenters. The van der Waals surface area contributed by atoms with E-state index < -0.39 is 5.91 Å². The Balaban J connectivity index is 1.74. The van der Waals surface area contributed by atoms with Gasteiger partial charge in [0.2, 0.25) is 0 Å². The first-order valence-corrected chi connectivity index (χ1v) is 8.88. The largest absolute Gasteiger partial charge is 0.507 e. The Morgan fingerprint density at radius 1 is 1.07 bits per heavy atom. The second kappa shape index (κ2) is 8.43. The molecule has 0 fully saturated rings. The fraction of sp³-hybridized carbons (Fsp3) is 0.182. The summed E-state index contributed by atoms with van der Waals surface area (Å²) in [4.78, 5) is 12.4. The Labute approximate surface area is 163 Å². The van der Waals surface area contributed by atoms with Crippen molar-refractivity contribution in [2.45, 2.75) is 20.0 Å². The number of nitrogens with one attached hydrogen (secondary N) is 1. The molecule has 6 heteroatoms. The third-order valence-electron chi connectivity index (χ3n) is 4.04. The van der Waals surface area contributed by atoms with Gasteiger partial charge in [-0.15, -0.1) is 0 Å². The molecule has 0 radical (unpaired) electrons. The number of carbonyl (C=O) groups is 1. The summed E-state index contributed by atoms with van der Waals surface area (Å²) in [5, 5.41) is 15.8. The van der Waals surface area contributed by atoms with Crippen molar-refractivity contribution in [1.82, 2.24) is 5.43 Å². The van der Waals surface area contributed by atoms with Crippen LogP contribution in [0.25, 0.3) is 10.8 Å². The van der Waals surface area contributed by atoms with Crippen LogP contribution in [-0.4, -0.2) is 30.4 Å². The zero-order chi connectivity index (χ0) is 20.1. The third kappa shape index (κ3) is 4.40. The molecule has 0 aliphatic rings. The minimum absolute atomic E-state index is 0.0299. The highest BCUT2D eigenvalue weighted by atomic mass is 16.5. The van der Waals surface area contributed by atoms with Crippen LogP contribution in [0.5, 0.6) is 17.2 Å². The summed E-state index contributed by atoms with van der Waals surface area (Å²) >= 11 is 0. The number of aromatic hydroxyl groups is 1. The van der Waals surface area contributed by atoms with Crippen molar-refractivity contribution in [2.24, 2.45) is 5.10 Å². The standard InChI is InChI=1S/C22H22N2O4/c1-14(2)28-20-9-8-15(10-21(20)27-3)13-23-24-22(26)18-11-16-6-4-5-7-17(16)12-19(18)25/h4-14,25H,1-3H3,(H,24,26). The number of fused-ring (bicyclic) bond motifs is 1. The molecule has 0 saturated carbocycles. The van der Waals surface area contributed by atoms with Crippen LogP contribution < -0.4 is 14.9 Å². The van der Waals surface area contributed by atoms with E-state index in [0.717, 1.165) is 16.3 Å². The van der Waals surface area contributed by atoms with Gasteiger partial charge < -0.3 is 14.6 Å². The summed E-state index contributed by atoms with van der Waals surface area (Å²) < 4.78 is 11.0. The molecule has 0 spiro atoms. The average Bonchev–Trinajstić information content (AvgIpc) is 2.68. The molecular formula is C22H22N2O4. The molecule has 0 aliphatic heterocycles. The van der Waals surface area contributed by atoms with E-state index in [1.165, 1.54) is 6.21 Å². The predicted molar refractivity (Wildman–Crippen MR) is 109 cm³/mol. The lowest BCUT2D eigenvalue weighted by Crippen LogP contribution is -2.17. The van der Waals surface area contributed by atoms with Crippen LogP contribution in [0.4, 0.5) is 0 Å². The van der Waals surface area contributed by atoms with Gasteiger partial charge in [-0.3, -0.25) is 4.79 Å². The van der Waals surface area contributed by atoms with Crippen molar-refractivity contribution in [3.8, 4) is 17.2 Å². The molecule has 2 N–H and O–H groups in total. The van der Waals surface area contributed by atoms with Gasteiger partial charge in [0, 0.05) is 0 Å². The maximum atomic E-state index is 12.4. The number of amides is 1. The van der Waals surface area contributed by atoms with Gasteiger partial charge in [-0.25, -0.2) is 5.43 Å². The van der Waals surface area contributed by atoms with Gasteiger partial charge in [-0.1, -0.05) is 24.3 Å². The molecule has 0 aromatic heterocycles. The molecule has 0 bridgehead atoms. The van der Waals surface area contributed by atoms with Gasteiger partial charge in [0.05, 0.1) is 25.0 Å². The lowest BCUT2D eigenvalue weighted by atomic mass is 10.1. The number of rotatable bonds is 6. The molecule has 1 amide bonds. The van der Waals surface area contributed by atoms with E-state index in [0.29, 0.717) is 11.5 Å². The van der Waals surface area contributed by atoms with E-state index >= 15 is 0 Å². The molecule has 28 heavy (non-hydrogen) atoms. The van der Waals surface area contributed by atoms with Crippen LogP contribution in [0.1, 0.15) is 29.8 Å². The van der Waals surface area contributed by atoms with E-state index in [4.69, 9.17) is 9.47 Å². The Kier molecular flexibility index (Phi) is 5.79. The van der Waals surface area contributed by atoms with Crippen LogP contribution in [0.2, 0.25) is 0 Å². The minimum atomic E-state index is -0.494. The van der Waals surface area contributed by atoms with Gasteiger partial charge in [0.15, 0.2) is 11.5 Å². The zero-order valence-corrected chi connectivity index (χ0v) is 16.0. The van der Waals surface area contributed by atoms with Crippen LogP contribution >= 0.6 is 0 Å². The number of ether oxygens (including phenoxy) is 2. The maximum absolute atomic E-state index is 12.4. The second-order valence-corrected chi connectivity index (χ2v) is 6.49. The SMILES string of the molecule is COc1cc(C=NNC(=O)c2cc3ccccc3cc2O)ccc1OC(C)C. The number of nitrogens with zero attached hydrogens (tertiary/aromatic N) is 1. The Hall–Kier alpha value is -3.54. The summed E-state index contributed by atoms with van der Waals surface area (Å²) in [6, 6.07) is 16.1. The Morgan fingerprint density at radius 2 is 1.79 bits per heavy atom. The summed E-state index contributed by atoms with van der Waals surface area (Å²) in [5.74, 6) is 0.630. The second-order valence-electron chi connectivity index (χ2n) is 6.49. The number of carbonyl (C=O) groups excluding carboxylic acids is 1. The van der Waals surface area contributed by atoms with Crippen molar-refractivity contribution in [2.75, 3.05) is 7.11 Å². The number of hydrogen-bond acceptors (Lipinski definition) is 5. The number of methoxy groups -OCH3 is 1. The molecular weight excluding hydrogens is 356 g/mol. The minimum Gasteiger partial charge on any atom is -0.507 e. The van der Waals surface area contributed by atoms with Crippen molar-refractivity contribution < 1.29 is 19.4 Å². The molecule has 0 heterocycles. The number of phenolic OH excluding ortho intramolecular Hbond substituents is 1. The molecule has 6 nitrogen and oxygen atoms in total. The summed E-state index contributed by atoms with van der Waals surface area (Å²) in [5.41, 5.74) is 3.33. The first-order chi connectivity index (χ1) is 13.5. The molecule has 144 valence electrons. The zero-order valence-electron chi connectivity index (χ0n) is 16.0. The van der Waals surface area contributed by atoms with Gasteiger partial charge >= 0.3 is 0 Å². The summed E-state index contributed by atoms with van der Waals surface area (Å²) in [7, 11) is 1.56. The molecule has 0 saturated heterocycles.